The molecule has 116 valence electrons. The molecule has 0 saturated carbocycles. The molecule has 3 nitrogen and oxygen atoms in total. The van der Waals surface area contributed by atoms with E-state index in [2.05, 4.69) is 43.4 Å². The van der Waals surface area contributed by atoms with Gasteiger partial charge in [-0.15, -0.1) is 0 Å². The standard InChI is InChI=1S/C18H28N2O/c1-13(2)18(3,12-19)20-17(21)11-14-8-9-15-6-4-5-7-16(15)10-14/h4-7,13-14H,8-12,19H2,1-3H3,(H,20,21). The van der Waals surface area contributed by atoms with Crippen molar-refractivity contribution in [3.63, 3.8) is 0 Å². The fraction of sp³-hybridized carbons (Fsp3) is 0.611. The van der Waals surface area contributed by atoms with Crippen molar-refractivity contribution in [2.45, 2.75) is 52.0 Å². The highest BCUT2D eigenvalue weighted by atomic mass is 16.1. The first kappa shape index (κ1) is 16.0. The molecule has 0 saturated heterocycles. The number of rotatable bonds is 5. The molecule has 1 aliphatic rings. The van der Waals surface area contributed by atoms with Crippen LogP contribution >= 0.6 is 0 Å². The number of nitrogens with two attached hydrogens (primary N) is 1. The summed E-state index contributed by atoms with van der Waals surface area (Å²) < 4.78 is 0. The maximum absolute atomic E-state index is 12.3. The Morgan fingerprint density at radius 3 is 2.67 bits per heavy atom. The summed E-state index contributed by atoms with van der Waals surface area (Å²) in [5.41, 5.74) is 8.39. The van der Waals surface area contributed by atoms with Crippen molar-refractivity contribution in [1.29, 1.82) is 0 Å². The van der Waals surface area contributed by atoms with Crippen molar-refractivity contribution in [2.24, 2.45) is 17.6 Å². The number of amides is 1. The van der Waals surface area contributed by atoms with Crippen LogP contribution in [-0.2, 0) is 17.6 Å². The van der Waals surface area contributed by atoms with Crippen LogP contribution < -0.4 is 11.1 Å². The average Bonchev–Trinajstić information content (AvgIpc) is 2.46. The minimum Gasteiger partial charge on any atom is -0.349 e. The van der Waals surface area contributed by atoms with Crippen molar-refractivity contribution < 1.29 is 4.79 Å². The summed E-state index contributed by atoms with van der Waals surface area (Å²) in [5.74, 6) is 0.925. The number of benzene rings is 1. The van der Waals surface area contributed by atoms with Crippen LogP contribution in [0.1, 0.15) is 44.7 Å². The van der Waals surface area contributed by atoms with Crippen LogP contribution in [0.3, 0.4) is 0 Å². The number of carbonyl (C=O) groups is 1. The number of aryl methyl sites for hydroxylation is 1. The molecule has 1 amide bonds. The lowest BCUT2D eigenvalue weighted by molar-refractivity contribution is -0.124. The van der Waals surface area contributed by atoms with Crippen molar-refractivity contribution in [1.82, 2.24) is 5.32 Å². The third kappa shape index (κ3) is 3.85. The molecule has 21 heavy (non-hydrogen) atoms. The van der Waals surface area contributed by atoms with Crippen molar-refractivity contribution in [2.75, 3.05) is 6.54 Å². The lowest BCUT2D eigenvalue weighted by Gasteiger charge is -2.34. The summed E-state index contributed by atoms with van der Waals surface area (Å²) in [4.78, 5) is 12.3. The molecule has 0 bridgehead atoms. The predicted molar refractivity (Wildman–Crippen MR) is 87.0 cm³/mol. The monoisotopic (exact) mass is 288 g/mol. The van der Waals surface area contributed by atoms with Crippen LogP contribution in [0, 0.1) is 11.8 Å². The van der Waals surface area contributed by atoms with Gasteiger partial charge in [-0.05, 0) is 49.1 Å². The van der Waals surface area contributed by atoms with E-state index < -0.39 is 0 Å². The third-order valence-electron chi connectivity index (χ3n) is 5.05. The molecular weight excluding hydrogens is 260 g/mol. The van der Waals surface area contributed by atoms with Gasteiger partial charge in [-0.25, -0.2) is 0 Å². The van der Waals surface area contributed by atoms with Crippen LogP contribution in [0.15, 0.2) is 24.3 Å². The molecular formula is C18H28N2O. The van der Waals surface area contributed by atoms with Gasteiger partial charge >= 0.3 is 0 Å². The number of fused-ring (bicyclic) bond motifs is 1. The largest absolute Gasteiger partial charge is 0.349 e. The molecule has 0 radical (unpaired) electrons. The molecule has 3 heteroatoms. The Labute approximate surface area is 128 Å². The zero-order chi connectivity index (χ0) is 15.5. The maximum Gasteiger partial charge on any atom is 0.220 e. The van der Waals surface area contributed by atoms with E-state index in [1.165, 1.54) is 11.1 Å². The van der Waals surface area contributed by atoms with E-state index in [-0.39, 0.29) is 11.4 Å². The molecule has 2 atom stereocenters. The van der Waals surface area contributed by atoms with Crippen LogP contribution in [0.4, 0.5) is 0 Å². The summed E-state index contributed by atoms with van der Waals surface area (Å²) in [6, 6.07) is 8.58. The van der Waals surface area contributed by atoms with E-state index in [1.54, 1.807) is 0 Å². The maximum atomic E-state index is 12.3. The van der Waals surface area contributed by atoms with Crippen LogP contribution in [-0.4, -0.2) is 18.0 Å². The second kappa shape index (κ2) is 6.61. The molecule has 2 unspecified atom stereocenters. The van der Waals surface area contributed by atoms with Gasteiger partial charge in [-0.1, -0.05) is 38.1 Å². The Balaban J connectivity index is 1.93. The van der Waals surface area contributed by atoms with Crippen molar-refractivity contribution in [3.05, 3.63) is 35.4 Å². The quantitative estimate of drug-likeness (QED) is 0.875. The van der Waals surface area contributed by atoms with Gasteiger partial charge in [-0.3, -0.25) is 4.79 Å². The number of hydrogen-bond acceptors (Lipinski definition) is 2. The fourth-order valence-electron chi connectivity index (χ4n) is 3.01. The van der Waals surface area contributed by atoms with Crippen LogP contribution in [0.2, 0.25) is 0 Å². The Kier molecular flexibility index (Phi) is 5.04. The fourth-order valence-corrected chi connectivity index (χ4v) is 3.01. The molecule has 1 aliphatic carbocycles. The van der Waals surface area contributed by atoms with Gasteiger partial charge in [0.05, 0.1) is 5.54 Å². The van der Waals surface area contributed by atoms with Crippen molar-refractivity contribution >= 4 is 5.91 Å². The normalized spacial score (nSPS) is 20.7. The third-order valence-corrected chi connectivity index (χ3v) is 5.05. The van der Waals surface area contributed by atoms with E-state index in [0.29, 0.717) is 24.8 Å². The molecule has 1 aromatic rings. The highest BCUT2D eigenvalue weighted by Crippen LogP contribution is 2.27. The molecule has 0 spiro atoms. The molecule has 3 N–H and O–H groups in total. The molecule has 2 rings (SSSR count). The number of nitrogens with one attached hydrogen (secondary N) is 1. The van der Waals surface area contributed by atoms with Crippen LogP contribution in [0.25, 0.3) is 0 Å². The number of hydrogen-bond donors (Lipinski definition) is 2. The average molecular weight is 288 g/mol. The van der Waals surface area contributed by atoms with Gasteiger partial charge in [0.25, 0.3) is 0 Å². The smallest absolute Gasteiger partial charge is 0.220 e. The topological polar surface area (TPSA) is 55.1 Å². The summed E-state index contributed by atoms with van der Waals surface area (Å²) in [7, 11) is 0. The summed E-state index contributed by atoms with van der Waals surface area (Å²) in [6.07, 6.45) is 3.82. The molecule has 0 aliphatic heterocycles. The van der Waals surface area contributed by atoms with E-state index in [9.17, 15) is 4.79 Å². The lowest BCUT2D eigenvalue weighted by Crippen LogP contribution is -2.55. The molecule has 0 fully saturated rings. The minimum atomic E-state index is -0.302. The van der Waals surface area contributed by atoms with Crippen molar-refractivity contribution in [3.8, 4) is 0 Å². The Hall–Kier alpha value is -1.35. The van der Waals surface area contributed by atoms with Gasteiger partial charge in [0.2, 0.25) is 5.91 Å². The predicted octanol–water partition coefficient (Wildman–Crippen LogP) is 2.67. The van der Waals surface area contributed by atoms with Crippen LogP contribution in [0.5, 0.6) is 0 Å². The van der Waals surface area contributed by atoms with Gasteiger partial charge in [-0.2, -0.15) is 0 Å². The first-order valence-electron chi connectivity index (χ1n) is 8.02. The Morgan fingerprint density at radius 2 is 2.05 bits per heavy atom. The summed E-state index contributed by atoms with van der Waals surface area (Å²) >= 11 is 0. The highest BCUT2D eigenvalue weighted by molar-refractivity contribution is 5.77. The van der Waals surface area contributed by atoms with E-state index in [1.807, 2.05) is 6.92 Å². The van der Waals surface area contributed by atoms with Gasteiger partial charge < -0.3 is 11.1 Å². The summed E-state index contributed by atoms with van der Waals surface area (Å²) in [5, 5.41) is 3.15. The lowest BCUT2D eigenvalue weighted by atomic mass is 9.81. The zero-order valence-electron chi connectivity index (χ0n) is 13.5. The first-order valence-corrected chi connectivity index (χ1v) is 8.02. The minimum absolute atomic E-state index is 0.140. The Bertz CT molecular complexity index is 498. The first-order chi connectivity index (χ1) is 9.94. The van der Waals surface area contributed by atoms with E-state index >= 15 is 0 Å². The van der Waals surface area contributed by atoms with Gasteiger partial charge in [0.15, 0.2) is 0 Å². The second-order valence-corrected chi connectivity index (χ2v) is 6.91. The zero-order valence-corrected chi connectivity index (χ0v) is 13.5. The van der Waals surface area contributed by atoms with E-state index in [0.717, 1.165) is 19.3 Å². The second-order valence-electron chi connectivity index (χ2n) is 6.91. The number of carbonyl (C=O) groups excluding carboxylic acids is 1. The van der Waals surface area contributed by atoms with E-state index in [4.69, 9.17) is 5.73 Å². The SMILES string of the molecule is CC(C)C(C)(CN)NC(=O)CC1CCc2ccccc2C1. The molecule has 0 heterocycles. The van der Waals surface area contributed by atoms with Gasteiger partial charge in [0.1, 0.15) is 0 Å². The highest BCUT2D eigenvalue weighted by Gasteiger charge is 2.29. The Morgan fingerprint density at radius 1 is 1.38 bits per heavy atom. The summed E-state index contributed by atoms with van der Waals surface area (Å²) in [6.45, 7) is 6.71. The molecule has 1 aromatic carbocycles. The molecule has 0 aromatic heterocycles. The van der Waals surface area contributed by atoms with Gasteiger partial charge in [0, 0.05) is 13.0 Å².